The van der Waals surface area contributed by atoms with Gasteiger partial charge in [-0.2, -0.15) is 0 Å². The fourth-order valence-electron chi connectivity index (χ4n) is 1.08. The van der Waals surface area contributed by atoms with Gasteiger partial charge in [0, 0.05) is 17.0 Å². The van der Waals surface area contributed by atoms with Crippen LogP contribution < -0.4 is 0 Å². The van der Waals surface area contributed by atoms with Gasteiger partial charge in [-0.25, -0.2) is 4.39 Å². The molecule has 0 atom stereocenters. The van der Waals surface area contributed by atoms with Crippen molar-refractivity contribution < 1.29 is 9.18 Å². The van der Waals surface area contributed by atoms with Crippen molar-refractivity contribution in [3.05, 3.63) is 34.3 Å². The number of carbonyl (C=O) groups excluding carboxylic acids is 1. The first-order chi connectivity index (χ1) is 6.67. The zero-order valence-corrected chi connectivity index (χ0v) is 8.91. The molecule has 0 spiro atoms. The molecule has 0 aliphatic rings. The summed E-state index contributed by atoms with van der Waals surface area (Å²) >= 11 is 11.1. The Morgan fingerprint density at radius 3 is 2.64 bits per heavy atom. The van der Waals surface area contributed by atoms with Crippen LogP contribution in [0.4, 0.5) is 4.39 Å². The van der Waals surface area contributed by atoms with Crippen molar-refractivity contribution in [1.82, 2.24) is 0 Å². The first-order valence-electron chi connectivity index (χ1n) is 4.08. The molecule has 0 fully saturated rings. The lowest BCUT2D eigenvalue weighted by atomic mass is 10.1. The van der Waals surface area contributed by atoms with Crippen molar-refractivity contribution in [2.75, 3.05) is 5.88 Å². The van der Waals surface area contributed by atoms with Crippen molar-refractivity contribution >= 4 is 29.0 Å². The Labute approximate surface area is 91.8 Å². The maximum atomic E-state index is 12.3. The summed E-state index contributed by atoms with van der Waals surface area (Å²) in [6.07, 6.45) is 0.246. The molecule has 0 bridgehead atoms. The highest BCUT2D eigenvalue weighted by Crippen LogP contribution is 2.19. The molecule has 1 nitrogen and oxygen atoms in total. The lowest BCUT2D eigenvalue weighted by molar-refractivity contribution is -0.116. The van der Waals surface area contributed by atoms with E-state index in [0.29, 0.717) is 10.6 Å². The highest BCUT2D eigenvalue weighted by molar-refractivity contribution is 6.31. The molecule has 0 heterocycles. The quantitative estimate of drug-likeness (QED) is 0.732. The van der Waals surface area contributed by atoms with E-state index in [9.17, 15) is 9.18 Å². The van der Waals surface area contributed by atoms with Gasteiger partial charge in [-0.1, -0.05) is 23.7 Å². The Bertz CT molecular complexity index is 339. The van der Waals surface area contributed by atoms with E-state index < -0.39 is 6.67 Å². The second-order valence-electron chi connectivity index (χ2n) is 2.91. The molecule has 1 aromatic carbocycles. The third-order valence-corrected chi connectivity index (χ3v) is 2.46. The fraction of sp³-hybridized carbons (Fsp3) is 0.300. The third kappa shape index (κ3) is 2.96. The van der Waals surface area contributed by atoms with Crippen LogP contribution in [0.2, 0.25) is 5.02 Å². The summed E-state index contributed by atoms with van der Waals surface area (Å²) in [4.78, 5) is 11.0. The maximum Gasteiger partial charge on any atom is 0.151 e. The predicted molar refractivity (Wildman–Crippen MR) is 55.7 cm³/mol. The highest BCUT2D eigenvalue weighted by Gasteiger charge is 2.05. The van der Waals surface area contributed by atoms with Crippen LogP contribution in [0.5, 0.6) is 0 Å². The molecule has 0 radical (unpaired) electrons. The number of hydrogen-bond acceptors (Lipinski definition) is 1. The van der Waals surface area contributed by atoms with Crippen molar-refractivity contribution in [1.29, 1.82) is 0 Å². The second-order valence-corrected chi connectivity index (χ2v) is 3.58. The number of halogens is 3. The average Bonchev–Trinajstić information content (AvgIpc) is 2.18. The topological polar surface area (TPSA) is 17.1 Å². The summed E-state index contributed by atoms with van der Waals surface area (Å²) < 4.78 is 12.3. The van der Waals surface area contributed by atoms with Crippen molar-refractivity contribution in [2.24, 2.45) is 0 Å². The van der Waals surface area contributed by atoms with Gasteiger partial charge < -0.3 is 0 Å². The Balaban J connectivity index is 2.81. The van der Waals surface area contributed by atoms with Crippen LogP contribution >= 0.6 is 23.2 Å². The maximum absolute atomic E-state index is 12.3. The molecule has 4 heteroatoms. The van der Waals surface area contributed by atoms with Crippen molar-refractivity contribution in [3.8, 4) is 0 Å². The number of alkyl halides is 2. The van der Waals surface area contributed by atoms with E-state index in [1.54, 1.807) is 18.2 Å². The van der Waals surface area contributed by atoms with E-state index in [4.69, 9.17) is 23.2 Å². The minimum atomic E-state index is -0.595. The molecule has 0 saturated carbocycles. The smallest absolute Gasteiger partial charge is 0.151 e. The zero-order chi connectivity index (χ0) is 10.6. The monoisotopic (exact) mass is 234 g/mol. The lowest BCUT2D eigenvalue weighted by Crippen LogP contribution is -2.03. The molecule has 0 N–H and O–H groups in total. The molecule has 0 amide bonds. The van der Waals surface area contributed by atoms with Gasteiger partial charge in [0.25, 0.3) is 0 Å². The van der Waals surface area contributed by atoms with E-state index in [0.717, 1.165) is 5.56 Å². The normalized spacial score (nSPS) is 10.2. The minimum Gasteiger partial charge on any atom is -0.298 e. The van der Waals surface area contributed by atoms with E-state index >= 15 is 0 Å². The highest BCUT2D eigenvalue weighted by atomic mass is 35.5. The summed E-state index contributed by atoms with van der Waals surface area (Å²) in [5.74, 6) is -0.0848. The molecule has 0 aliphatic heterocycles. The van der Waals surface area contributed by atoms with Crippen LogP contribution in [0.3, 0.4) is 0 Å². The number of carbonyl (C=O) groups is 1. The van der Waals surface area contributed by atoms with Gasteiger partial charge >= 0.3 is 0 Å². The Kier molecular flexibility index (Phi) is 4.36. The number of rotatable bonds is 4. The molecule has 1 rings (SSSR count). The molecule has 0 saturated heterocycles. The average molecular weight is 235 g/mol. The molecule has 0 aliphatic carbocycles. The van der Waals surface area contributed by atoms with Gasteiger partial charge in [0.05, 0.1) is 5.88 Å². The van der Waals surface area contributed by atoms with Gasteiger partial charge in [-0.15, -0.1) is 11.6 Å². The lowest BCUT2D eigenvalue weighted by Gasteiger charge is -2.02. The van der Waals surface area contributed by atoms with E-state index in [-0.39, 0.29) is 18.1 Å². The van der Waals surface area contributed by atoms with Crippen LogP contribution in [0.25, 0.3) is 0 Å². The van der Waals surface area contributed by atoms with Gasteiger partial charge in [0.1, 0.15) is 6.67 Å². The summed E-state index contributed by atoms with van der Waals surface area (Å²) in [6, 6.07) is 4.87. The first-order valence-corrected chi connectivity index (χ1v) is 4.99. The molecular formula is C10H9Cl2FO. The number of Topliss-reactive ketones (excluding diaryl/α,β-unsaturated/α-hetero) is 1. The number of benzene rings is 1. The summed E-state index contributed by atoms with van der Waals surface area (Å²) in [5.41, 5.74) is 1.20. The second kappa shape index (κ2) is 5.32. The number of hydrogen-bond donors (Lipinski definition) is 0. The summed E-state index contributed by atoms with van der Waals surface area (Å²) in [6.45, 7) is -0.595. The van der Waals surface area contributed by atoms with Crippen LogP contribution in [0.15, 0.2) is 18.2 Å². The Hall–Kier alpha value is -0.600. The summed E-state index contributed by atoms with van der Waals surface area (Å²) in [7, 11) is 0. The largest absolute Gasteiger partial charge is 0.298 e. The van der Waals surface area contributed by atoms with E-state index in [1.807, 2.05) is 0 Å². The SMILES string of the molecule is O=C(CCl)Cc1ccc(CF)c(Cl)c1. The van der Waals surface area contributed by atoms with Gasteiger partial charge in [0.2, 0.25) is 0 Å². The third-order valence-electron chi connectivity index (χ3n) is 1.81. The van der Waals surface area contributed by atoms with Crippen LogP contribution in [0, 0.1) is 0 Å². The molecule has 0 aromatic heterocycles. The Morgan fingerprint density at radius 2 is 2.14 bits per heavy atom. The van der Waals surface area contributed by atoms with E-state index in [2.05, 4.69) is 0 Å². The molecule has 14 heavy (non-hydrogen) atoms. The molecule has 0 unspecified atom stereocenters. The van der Waals surface area contributed by atoms with Crippen LogP contribution in [-0.2, 0) is 17.9 Å². The first kappa shape index (κ1) is 11.5. The minimum absolute atomic E-state index is 0.0114. The van der Waals surface area contributed by atoms with Crippen molar-refractivity contribution in [2.45, 2.75) is 13.1 Å². The number of ketones is 1. The van der Waals surface area contributed by atoms with Crippen LogP contribution in [0.1, 0.15) is 11.1 Å². The van der Waals surface area contributed by atoms with Crippen molar-refractivity contribution in [3.63, 3.8) is 0 Å². The summed E-state index contributed by atoms with van der Waals surface area (Å²) in [5, 5.41) is 0.354. The molecule has 1 aromatic rings. The standard InChI is InChI=1S/C10H9Cl2FO/c11-5-9(14)3-7-1-2-8(6-13)10(12)4-7/h1-2,4H,3,5-6H2. The molecular weight excluding hydrogens is 226 g/mol. The fourth-order valence-corrected chi connectivity index (χ4v) is 1.43. The van der Waals surface area contributed by atoms with Gasteiger partial charge in [0.15, 0.2) is 5.78 Å². The van der Waals surface area contributed by atoms with E-state index in [1.165, 1.54) is 0 Å². The predicted octanol–water partition coefficient (Wildman–Crippen LogP) is 3.16. The zero-order valence-electron chi connectivity index (χ0n) is 7.40. The van der Waals surface area contributed by atoms with Gasteiger partial charge in [-0.05, 0) is 11.6 Å². The Morgan fingerprint density at radius 1 is 1.43 bits per heavy atom. The van der Waals surface area contributed by atoms with Crippen LogP contribution in [-0.4, -0.2) is 11.7 Å². The molecule has 76 valence electrons. The van der Waals surface area contributed by atoms with Gasteiger partial charge in [-0.3, -0.25) is 4.79 Å².